The van der Waals surface area contributed by atoms with Crippen LogP contribution in [0.5, 0.6) is 11.5 Å². The van der Waals surface area contributed by atoms with Crippen LogP contribution in [0, 0.1) is 12.7 Å². The van der Waals surface area contributed by atoms with Crippen LogP contribution < -0.4 is 20.0 Å². The summed E-state index contributed by atoms with van der Waals surface area (Å²) in [6.45, 7) is 9.93. The number of morpholine rings is 1. The SMILES string of the molecule is CCc1cc2c(cc1OCCCN1CCOCC1)=NCCC=2Oc1ccc(C)cc1F. The van der Waals surface area contributed by atoms with E-state index in [4.69, 9.17) is 14.2 Å². The van der Waals surface area contributed by atoms with Gasteiger partial charge in [-0.05, 0) is 49.1 Å². The molecule has 0 unspecified atom stereocenters. The first-order valence-electron chi connectivity index (χ1n) is 11.2. The van der Waals surface area contributed by atoms with Gasteiger partial charge < -0.3 is 14.2 Å². The van der Waals surface area contributed by atoms with Crippen molar-refractivity contribution < 1.29 is 18.6 Å². The number of hydrogen-bond donors (Lipinski definition) is 0. The Morgan fingerprint density at radius 2 is 1.97 bits per heavy atom. The lowest BCUT2D eigenvalue weighted by Crippen LogP contribution is -2.37. The lowest BCUT2D eigenvalue weighted by molar-refractivity contribution is 0.0358. The summed E-state index contributed by atoms with van der Waals surface area (Å²) in [4.78, 5) is 7.08. The van der Waals surface area contributed by atoms with Crippen molar-refractivity contribution in [1.82, 2.24) is 4.90 Å². The highest BCUT2D eigenvalue weighted by Crippen LogP contribution is 2.23. The molecule has 31 heavy (non-hydrogen) atoms. The molecule has 2 aromatic rings. The molecular formula is C25H31FN2O3. The van der Waals surface area contributed by atoms with Crippen LogP contribution in [0.2, 0.25) is 0 Å². The minimum atomic E-state index is -0.340. The molecule has 2 aromatic carbocycles. The summed E-state index contributed by atoms with van der Waals surface area (Å²) in [6.07, 6.45) is 2.48. The lowest BCUT2D eigenvalue weighted by atomic mass is 10.1. The number of ether oxygens (including phenoxy) is 3. The molecule has 0 aliphatic carbocycles. The highest BCUT2D eigenvalue weighted by Gasteiger charge is 2.15. The average Bonchev–Trinajstić information content (AvgIpc) is 2.79. The summed E-state index contributed by atoms with van der Waals surface area (Å²) < 4.78 is 31.8. The Hall–Kier alpha value is -2.44. The van der Waals surface area contributed by atoms with Gasteiger partial charge in [-0.15, -0.1) is 0 Å². The summed E-state index contributed by atoms with van der Waals surface area (Å²) in [5.74, 6) is 1.57. The van der Waals surface area contributed by atoms with E-state index < -0.39 is 0 Å². The van der Waals surface area contributed by atoms with Gasteiger partial charge >= 0.3 is 0 Å². The van der Waals surface area contributed by atoms with E-state index in [-0.39, 0.29) is 11.6 Å². The van der Waals surface area contributed by atoms with Gasteiger partial charge in [0.05, 0.1) is 25.2 Å². The molecule has 2 heterocycles. The van der Waals surface area contributed by atoms with E-state index in [0.717, 1.165) is 78.9 Å². The molecule has 0 amide bonds. The Labute approximate surface area is 183 Å². The van der Waals surface area contributed by atoms with E-state index in [1.54, 1.807) is 6.07 Å². The molecule has 0 aromatic heterocycles. The summed E-state index contributed by atoms with van der Waals surface area (Å²) in [5, 5.41) is 1.79. The van der Waals surface area contributed by atoms with E-state index in [9.17, 15) is 4.39 Å². The fourth-order valence-corrected chi connectivity index (χ4v) is 4.01. The van der Waals surface area contributed by atoms with Crippen LogP contribution in [0.4, 0.5) is 4.39 Å². The first-order chi connectivity index (χ1) is 15.1. The van der Waals surface area contributed by atoms with Gasteiger partial charge in [-0.25, -0.2) is 4.39 Å². The Bertz CT molecular complexity index is 1030. The van der Waals surface area contributed by atoms with Crippen molar-refractivity contribution in [2.24, 2.45) is 4.99 Å². The second kappa shape index (κ2) is 10.2. The number of fused-ring (bicyclic) bond motifs is 1. The quantitative estimate of drug-likeness (QED) is 0.609. The Morgan fingerprint density at radius 1 is 1.13 bits per heavy atom. The van der Waals surface area contributed by atoms with Crippen molar-refractivity contribution in [1.29, 1.82) is 0 Å². The zero-order valence-electron chi connectivity index (χ0n) is 18.5. The Balaban J connectivity index is 1.50. The minimum absolute atomic E-state index is 0.259. The van der Waals surface area contributed by atoms with E-state index in [2.05, 4.69) is 22.9 Å². The third kappa shape index (κ3) is 5.43. The minimum Gasteiger partial charge on any atom is -0.493 e. The third-order valence-electron chi connectivity index (χ3n) is 5.78. The van der Waals surface area contributed by atoms with Gasteiger partial charge in [0.1, 0.15) is 11.5 Å². The van der Waals surface area contributed by atoms with Crippen molar-refractivity contribution in [3.63, 3.8) is 0 Å². The Morgan fingerprint density at radius 3 is 2.74 bits per heavy atom. The Kier molecular flexibility index (Phi) is 7.20. The fourth-order valence-electron chi connectivity index (χ4n) is 4.01. The third-order valence-corrected chi connectivity index (χ3v) is 5.78. The summed E-state index contributed by atoms with van der Waals surface area (Å²) in [7, 11) is 0. The smallest absolute Gasteiger partial charge is 0.165 e. The molecule has 0 N–H and O–H groups in total. The van der Waals surface area contributed by atoms with Crippen molar-refractivity contribution in [2.45, 2.75) is 33.1 Å². The molecule has 6 heteroatoms. The molecule has 1 saturated heterocycles. The maximum Gasteiger partial charge on any atom is 0.165 e. The molecule has 1 fully saturated rings. The molecule has 0 bridgehead atoms. The number of rotatable bonds is 8. The van der Waals surface area contributed by atoms with Gasteiger partial charge in [-0.3, -0.25) is 9.89 Å². The van der Waals surface area contributed by atoms with E-state index in [1.165, 1.54) is 6.07 Å². The normalized spacial score (nSPS) is 16.5. The first kappa shape index (κ1) is 21.8. The first-order valence-corrected chi connectivity index (χ1v) is 11.2. The second-order valence-corrected chi connectivity index (χ2v) is 8.08. The summed E-state index contributed by atoms with van der Waals surface area (Å²) in [6, 6.07) is 9.15. The van der Waals surface area contributed by atoms with Crippen LogP contribution >= 0.6 is 0 Å². The van der Waals surface area contributed by atoms with Gasteiger partial charge in [-0.1, -0.05) is 13.0 Å². The molecule has 2 aliphatic rings. The van der Waals surface area contributed by atoms with Gasteiger partial charge in [0.15, 0.2) is 11.6 Å². The zero-order chi connectivity index (χ0) is 21.6. The van der Waals surface area contributed by atoms with E-state index in [0.29, 0.717) is 19.6 Å². The number of nitrogens with zero attached hydrogens (tertiary/aromatic N) is 2. The van der Waals surface area contributed by atoms with E-state index in [1.807, 2.05) is 19.1 Å². The van der Waals surface area contributed by atoms with Crippen molar-refractivity contribution >= 4 is 5.76 Å². The summed E-state index contributed by atoms with van der Waals surface area (Å²) >= 11 is 0. The molecule has 166 valence electrons. The maximum atomic E-state index is 14.3. The topological polar surface area (TPSA) is 43.3 Å². The van der Waals surface area contributed by atoms with Crippen molar-refractivity contribution in [3.8, 4) is 11.5 Å². The number of aryl methyl sites for hydroxylation is 2. The highest BCUT2D eigenvalue weighted by atomic mass is 19.1. The van der Waals surface area contributed by atoms with Crippen LogP contribution in [-0.4, -0.2) is 50.9 Å². The summed E-state index contributed by atoms with van der Waals surface area (Å²) in [5.41, 5.74) is 1.99. The van der Waals surface area contributed by atoms with Gasteiger partial charge in [0.2, 0.25) is 0 Å². The second-order valence-electron chi connectivity index (χ2n) is 8.08. The van der Waals surface area contributed by atoms with Crippen LogP contribution in [0.1, 0.15) is 30.9 Å². The van der Waals surface area contributed by atoms with Crippen LogP contribution in [-0.2, 0) is 11.2 Å². The van der Waals surface area contributed by atoms with Crippen molar-refractivity contribution in [3.05, 3.63) is 57.9 Å². The number of benzene rings is 2. The molecule has 0 saturated carbocycles. The molecule has 0 spiro atoms. The van der Waals surface area contributed by atoms with Crippen LogP contribution in [0.3, 0.4) is 0 Å². The predicted molar refractivity (Wildman–Crippen MR) is 119 cm³/mol. The van der Waals surface area contributed by atoms with Gasteiger partial charge in [0, 0.05) is 43.9 Å². The number of halogens is 1. The molecule has 5 nitrogen and oxygen atoms in total. The highest BCUT2D eigenvalue weighted by molar-refractivity contribution is 5.47. The van der Waals surface area contributed by atoms with Crippen LogP contribution in [0.25, 0.3) is 5.76 Å². The van der Waals surface area contributed by atoms with Gasteiger partial charge in [-0.2, -0.15) is 0 Å². The molecule has 4 rings (SSSR count). The number of hydrogen-bond acceptors (Lipinski definition) is 5. The molecular weight excluding hydrogens is 395 g/mol. The monoisotopic (exact) mass is 426 g/mol. The van der Waals surface area contributed by atoms with E-state index >= 15 is 0 Å². The van der Waals surface area contributed by atoms with Gasteiger partial charge in [0.25, 0.3) is 0 Å². The predicted octanol–water partition coefficient (Wildman–Crippen LogP) is 3.01. The average molecular weight is 427 g/mol. The standard InChI is InChI=1S/C25H31FN2O3/c1-3-19-16-20-22(17-25(19)30-12-4-9-28-10-13-29-14-11-28)27-8-7-23(20)31-24-6-5-18(2)15-21(24)26/h5-6,15-17H,3-4,7-14H2,1-2H3. The molecule has 0 atom stereocenters. The zero-order valence-corrected chi connectivity index (χ0v) is 18.5. The largest absolute Gasteiger partial charge is 0.493 e. The van der Waals surface area contributed by atoms with Crippen molar-refractivity contribution in [2.75, 3.05) is 46.0 Å². The van der Waals surface area contributed by atoms with Crippen LogP contribution in [0.15, 0.2) is 35.3 Å². The molecule has 0 radical (unpaired) electrons. The fraction of sp³-hybridized carbons (Fsp3) is 0.480. The maximum absolute atomic E-state index is 14.3. The lowest BCUT2D eigenvalue weighted by Gasteiger charge is -2.26. The molecule has 2 aliphatic heterocycles.